The Kier molecular flexibility index (Phi) is 1.63. The van der Waals surface area contributed by atoms with E-state index < -0.39 is 0 Å². The average molecular weight is 176 g/mol. The third kappa shape index (κ3) is 1.18. The van der Waals surface area contributed by atoms with Crippen molar-refractivity contribution in [3.05, 3.63) is 12.2 Å². The first-order valence-electron chi connectivity index (χ1n) is 5.93. The SMILES string of the molecule is CC=CC12CC3CC(CC(C3)C1)C2. The Morgan fingerprint density at radius 1 is 0.923 bits per heavy atom. The van der Waals surface area contributed by atoms with E-state index in [0.717, 1.165) is 17.8 Å². The van der Waals surface area contributed by atoms with Gasteiger partial charge in [-0.25, -0.2) is 0 Å². The molecule has 0 aliphatic heterocycles. The first kappa shape index (κ1) is 8.08. The van der Waals surface area contributed by atoms with Crippen LogP contribution in [0.3, 0.4) is 0 Å². The van der Waals surface area contributed by atoms with Crippen molar-refractivity contribution in [2.24, 2.45) is 23.2 Å². The van der Waals surface area contributed by atoms with Crippen LogP contribution < -0.4 is 0 Å². The van der Waals surface area contributed by atoms with Gasteiger partial charge in [-0.05, 0) is 68.6 Å². The minimum absolute atomic E-state index is 0.670. The highest BCUT2D eigenvalue weighted by Crippen LogP contribution is 2.60. The summed E-state index contributed by atoms with van der Waals surface area (Å²) < 4.78 is 0. The molecule has 0 nitrogen and oxygen atoms in total. The molecule has 4 saturated carbocycles. The zero-order valence-electron chi connectivity index (χ0n) is 8.63. The van der Waals surface area contributed by atoms with Crippen LogP contribution >= 0.6 is 0 Å². The van der Waals surface area contributed by atoms with Crippen molar-refractivity contribution >= 4 is 0 Å². The first-order valence-corrected chi connectivity index (χ1v) is 5.93. The molecular weight excluding hydrogens is 156 g/mol. The predicted octanol–water partition coefficient (Wildman–Crippen LogP) is 3.78. The molecule has 0 atom stereocenters. The Morgan fingerprint density at radius 3 is 1.77 bits per heavy atom. The van der Waals surface area contributed by atoms with Gasteiger partial charge in [0, 0.05) is 0 Å². The van der Waals surface area contributed by atoms with Gasteiger partial charge in [0.2, 0.25) is 0 Å². The molecular formula is C13H20. The molecule has 0 amide bonds. The fourth-order valence-electron chi connectivity index (χ4n) is 4.74. The monoisotopic (exact) mass is 176 g/mol. The van der Waals surface area contributed by atoms with Crippen LogP contribution in [0.1, 0.15) is 45.4 Å². The summed E-state index contributed by atoms with van der Waals surface area (Å²) in [6, 6.07) is 0. The van der Waals surface area contributed by atoms with Crippen molar-refractivity contribution < 1.29 is 0 Å². The van der Waals surface area contributed by atoms with Crippen molar-refractivity contribution in [3.63, 3.8) is 0 Å². The van der Waals surface area contributed by atoms with Crippen LogP contribution in [0.4, 0.5) is 0 Å². The molecule has 4 fully saturated rings. The highest BCUT2D eigenvalue weighted by molar-refractivity contribution is 5.10. The Balaban J connectivity index is 1.91. The molecule has 4 aliphatic carbocycles. The van der Waals surface area contributed by atoms with Crippen LogP contribution in [0.25, 0.3) is 0 Å². The number of hydrogen-bond donors (Lipinski definition) is 0. The third-order valence-corrected chi connectivity index (χ3v) is 4.61. The molecule has 4 rings (SSSR count). The Labute approximate surface area is 81.4 Å². The van der Waals surface area contributed by atoms with Crippen LogP contribution in [0, 0.1) is 23.2 Å². The molecule has 0 heterocycles. The zero-order chi connectivity index (χ0) is 8.89. The maximum atomic E-state index is 2.54. The predicted molar refractivity (Wildman–Crippen MR) is 55.4 cm³/mol. The summed E-state index contributed by atoms with van der Waals surface area (Å²) in [6.45, 7) is 2.19. The minimum Gasteiger partial charge on any atom is -0.0911 e. The van der Waals surface area contributed by atoms with Crippen molar-refractivity contribution in [3.8, 4) is 0 Å². The molecule has 0 N–H and O–H groups in total. The summed E-state index contributed by atoms with van der Waals surface area (Å²) in [5.74, 6) is 3.30. The fraction of sp³-hybridized carbons (Fsp3) is 0.846. The smallest absolute Gasteiger partial charge is 0.0110 e. The van der Waals surface area contributed by atoms with Crippen LogP contribution in [0.15, 0.2) is 12.2 Å². The highest BCUT2D eigenvalue weighted by atomic mass is 14.5. The van der Waals surface area contributed by atoms with Gasteiger partial charge in [-0.15, -0.1) is 0 Å². The van der Waals surface area contributed by atoms with E-state index in [4.69, 9.17) is 0 Å². The van der Waals surface area contributed by atoms with E-state index in [2.05, 4.69) is 19.1 Å². The molecule has 4 aliphatic rings. The molecule has 0 spiro atoms. The van der Waals surface area contributed by atoms with E-state index in [9.17, 15) is 0 Å². The normalized spacial score (nSPS) is 53.5. The van der Waals surface area contributed by atoms with Gasteiger partial charge in [0.1, 0.15) is 0 Å². The lowest BCUT2D eigenvalue weighted by Crippen LogP contribution is -2.44. The summed E-state index contributed by atoms with van der Waals surface area (Å²) >= 11 is 0. The number of rotatable bonds is 1. The molecule has 13 heavy (non-hydrogen) atoms. The quantitative estimate of drug-likeness (QED) is 0.533. The molecule has 0 aromatic rings. The molecule has 0 saturated heterocycles. The van der Waals surface area contributed by atoms with Gasteiger partial charge in [0.05, 0.1) is 0 Å². The van der Waals surface area contributed by atoms with Gasteiger partial charge in [-0.2, -0.15) is 0 Å². The van der Waals surface area contributed by atoms with E-state index >= 15 is 0 Å². The van der Waals surface area contributed by atoms with Gasteiger partial charge >= 0.3 is 0 Å². The molecule has 72 valence electrons. The fourth-order valence-corrected chi connectivity index (χ4v) is 4.74. The highest BCUT2D eigenvalue weighted by Gasteiger charge is 2.49. The molecule has 0 aromatic heterocycles. The lowest BCUT2D eigenvalue weighted by Gasteiger charge is -2.55. The zero-order valence-corrected chi connectivity index (χ0v) is 8.63. The Morgan fingerprint density at radius 2 is 1.38 bits per heavy atom. The summed E-state index contributed by atoms with van der Waals surface area (Å²) in [4.78, 5) is 0. The van der Waals surface area contributed by atoms with Crippen molar-refractivity contribution in [2.45, 2.75) is 45.4 Å². The average Bonchev–Trinajstić information content (AvgIpc) is 2.00. The summed E-state index contributed by atoms with van der Waals surface area (Å²) in [7, 11) is 0. The molecule has 0 heteroatoms. The minimum atomic E-state index is 0.670. The second-order valence-corrected chi connectivity index (χ2v) is 5.78. The topological polar surface area (TPSA) is 0 Å². The van der Waals surface area contributed by atoms with Gasteiger partial charge in [-0.3, -0.25) is 0 Å². The molecule has 0 radical (unpaired) electrons. The Bertz CT molecular complexity index is 201. The van der Waals surface area contributed by atoms with Gasteiger partial charge in [0.15, 0.2) is 0 Å². The van der Waals surface area contributed by atoms with Gasteiger partial charge in [0.25, 0.3) is 0 Å². The second kappa shape index (κ2) is 2.62. The van der Waals surface area contributed by atoms with E-state index in [0.29, 0.717) is 5.41 Å². The third-order valence-electron chi connectivity index (χ3n) is 4.61. The maximum Gasteiger partial charge on any atom is -0.0110 e. The van der Waals surface area contributed by atoms with Crippen LogP contribution in [0.5, 0.6) is 0 Å². The van der Waals surface area contributed by atoms with Crippen LogP contribution in [-0.4, -0.2) is 0 Å². The van der Waals surface area contributed by atoms with Crippen molar-refractivity contribution in [1.29, 1.82) is 0 Å². The lowest BCUT2D eigenvalue weighted by molar-refractivity contribution is -0.0237. The van der Waals surface area contributed by atoms with Crippen molar-refractivity contribution in [2.75, 3.05) is 0 Å². The number of hydrogen-bond acceptors (Lipinski definition) is 0. The van der Waals surface area contributed by atoms with Crippen molar-refractivity contribution in [1.82, 2.24) is 0 Å². The van der Waals surface area contributed by atoms with Gasteiger partial charge < -0.3 is 0 Å². The maximum absolute atomic E-state index is 2.54. The van der Waals surface area contributed by atoms with E-state index in [1.807, 2.05) is 0 Å². The van der Waals surface area contributed by atoms with Gasteiger partial charge in [-0.1, -0.05) is 12.2 Å². The summed E-state index contributed by atoms with van der Waals surface area (Å²) in [5.41, 5.74) is 0.670. The largest absolute Gasteiger partial charge is 0.0911 e. The standard InChI is InChI=1S/C13H20/c1-2-3-13-7-10-4-11(8-13)6-12(5-10)9-13/h2-3,10-12H,4-9H2,1H3. The molecule has 0 unspecified atom stereocenters. The van der Waals surface area contributed by atoms with E-state index in [1.54, 1.807) is 19.3 Å². The molecule has 0 aromatic carbocycles. The Hall–Kier alpha value is -0.260. The number of allylic oxidation sites excluding steroid dienone is 2. The first-order chi connectivity index (χ1) is 6.30. The van der Waals surface area contributed by atoms with E-state index in [-0.39, 0.29) is 0 Å². The van der Waals surface area contributed by atoms with Crippen LogP contribution in [0.2, 0.25) is 0 Å². The lowest BCUT2D eigenvalue weighted by atomic mass is 9.49. The molecule has 4 bridgehead atoms. The van der Waals surface area contributed by atoms with Crippen LogP contribution in [-0.2, 0) is 0 Å². The second-order valence-electron chi connectivity index (χ2n) is 5.78. The summed E-state index contributed by atoms with van der Waals surface area (Å²) in [5, 5.41) is 0. The summed E-state index contributed by atoms with van der Waals surface area (Å²) in [6.07, 6.45) is 14.1. The van der Waals surface area contributed by atoms with E-state index in [1.165, 1.54) is 19.3 Å².